The molecule has 0 bridgehead atoms. The summed E-state index contributed by atoms with van der Waals surface area (Å²) in [6.45, 7) is -1.73. The van der Waals surface area contributed by atoms with Gasteiger partial charge in [-0.3, -0.25) is 0 Å². The standard InChI is InChI=1S/C14H16N2O5/c17-6-14(7-18,8-19)16-12-10(13(20)21)5-9-3-1-2-4-11(9)15-12/h1-5,17-19H,6-8H2,(H,15,16)(H,20,21). The number of nitrogens with one attached hydrogen (secondary N) is 1. The molecular weight excluding hydrogens is 276 g/mol. The third kappa shape index (κ3) is 2.94. The summed E-state index contributed by atoms with van der Waals surface area (Å²) in [6.07, 6.45) is 0. The Morgan fingerprint density at radius 3 is 2.33 bits per heavy atom. The van der Waals surface area contributed by atoms with Crippen molar-refractivity contribution in [3.05, 3.63) is 35.9 Å². The van der Waals surface area contributed by atoms with Crippen molar-refractivity contribution >= 4 is 22.7 Å². The Balaban J connectivity index is 2.55. The molecule has 0 unspecified atom stereocenters. The third-order valence-electron chi connectivity index (χ3n) is 3.25. The topological polar surface area (TPSA) is 123 Å². The lowest BCUT2D eigenvalue weighted by Gasteiger charge is -2.29. The average Bonchev–Trinajstić information content (AvgIpc) is 2.51. The molecule has 0 radical (unpaired) electrons. The van der Waals surface area contributed by atoms with Crippen molar-refractivity contribution in [2.24, 2.45) is 0 Å². The van der Waals surface area contributed by atoms with Gasteiger partial charge in [-0.2, -0.15) is 0 Å². The molecule has 5 N–H and O–H groups in total. The van der Waals surface area contributed by atoms with Crippen LogP contribution in [0.3, 0.4) is 0 Å². The fourth-order valence-corrected chi connectivity index (χ4v) is 1.89. The number of carboxylic acid groups (broad SMARTS) is 1. The van der Waals surface area contributed by atoms with Gasteiger partial charge in [0, 0.05) is 5.39 Å². The molecule has 0 saturated carbocycles. The van der Waals surface area contributed by atoms with E-state index in [1.54, 1.807) is 24.3 Å². The summed E-state index contributed by atoms with van der Waals surface area (Å²) in [4.78, 5) is 15.5. The van der Waals surface area contributed by atoms with Gasteiger partial charge >= 0.3 is 5.97 Å². The van der Waals surface area contributed by atoms with Crippen LogP contribution >= 0.6 is 0 Å². The van der Waals surface area contributed by atoms with Gasteiger partial charge in [-0.15, -0.1) is 0 Å². The van der Waals surface area contributed by atoms with Crippen LogP contribution in [0, 0.1) is 0 Å². The van der Waals surface area contributed by atoms with E-state index in [0.29, 0.717) is 10.9 Å². The van der Waals surface area contributed by atoms with Crippen LogP contribution in [0.1, 0.15) is 10.4 Å². The molecule has 112 valence electrons. The van der Waals surface area contributed by atoms with E-state index in [9.17, 15) is 25.2 Å². The number of carbonyl (C=O) groups is 1. The Kier molecular flexibility index (Phi) is 4.37. The molecular formula is C14H16N2O5. The smallest absolute Gasteiger partial charge is 0.339 e. The maximum absolute atomic E-state index is 11.3. The minimum atomic E-state index is -1.44. The number of aromatic nitrogens is 1. The molecule has 1 aromatic carbocycles. The number of anilines is 1. The largest absolute Gasteiger partial charge is 0.478 e. The molecule has 2 rings (SSSR count). The summed E-state index contributed by atoms with van der Waals surface area (Å²) >= 11 is 0. The van der Waals surface area contributed by atoms with Crippen molar-refractivity contribution in [3.63, 3.8) is 0 Å². The number of aromatic carboxylic acids is 1. The average molecular weight is 292 g/mol. The molecule has 21 heavy (non-hydrogen) atoms. The van der Waals surface area contributed by atoms with Crippen molar-refractivity contribution in [3.8, 4) is 0 Å². The molecule has 0 aliphatic carbocycles. The summed E-state index contributed by atoms with van der Waals surface area (Å²) in [5, 5.41) is 40.5. The van der Waals surface area contributed by atoms with Crippen molar-refractivity contribution in [2.75, 3.05) is 25.1 Å². The van der Waals surface area contributed by atoms with Crippen LogP contribution in [0.25, 0.3) is 10.9 Å². The van der Waals surface area contributed by atoms with Crippen LogP contribution < -0.4 is 5.32 Å². The number of hydrogen-bond acceptors (Lipinski definition) is 6. The Morgan fingerprint density at radius 1 is 1.14 bits per heavy atom. The molecule has 0 spiro atoms. The molecule has 0 aliphatic rings. The van der Waals surface area contributed by atoms with Gasteiger partial charge < -0.3 is 25.7 Å². The number of aliphatic hydroxyl groups is 3. The summed E-state index contributed by atoms with van der Waals surface area (Å²) < 4.78 is 0. The fourth-order valence-electron chi connectivity index (χ4n) is 1.89. The number of nitrogens with zero attached hydrogens (tertiary/aromatic N) is 1. The zero-order valence-corrected chi connectivity index (χ0v) is 11.2. The van der Waals surface area contributed by atoms with E-state index < -0.39 is 31.3 Å². The van der Waals surface area contributed by atoms with Gasteiger partial charge in [0.25, 0.3) is 0 Å². The van der Waals surface area contributed by atoms with Crippen molar-refractivity contribution < 1.29 is 25.2 Å². The number of aliphatic hydroxyl groups excluding tert-OH is 3. The second-order valence-electron chi connectivity index (χ2n) is 4.76. The number of carboxylic acids is 1. The predicted octanol–water partition coefficient (Wildman–Crippen LogP) is 0.0606. The number of hydrogen-bond donors (Lipinski definition) is 5. The summed E-state index contributed by atoms with van der Waals surface area (Å²) in [6, 6.07) is 8.42. The monoisotopic (exact) mass is 292 g/mol. The molecule has 0 atom stereocenters. The maximum atomic E-state index is 11.3. The van der Waals surface area contributed by atoms with Crippen molar-refractivity contribution in [2.45, 2.75) is 5.54 Å². The van der Waals surface area contributed by atoms with E-state index in [2.05, 4.69) is 10.3 Å². The minimum absolute atomic E-state index is 0.0154. The van der Waals surface area contributed by atoms with Gasteiger partial charge in [0.05, 0.1) is 25.3 Å². The molecule has 0 aliphatic heterocycles. The fraction of sp³-hybridized carbons (Fsp3) is 0.286. The van der Waals surface area contributed by atoms with Gasteiger partial charge in [-0.25, -0.2) is 9.78 Å². The normalized spacial score (nSPS) is 11.6. The predicted molar refractivity (Wildman–Crippen MR) is 76.3 cm³/mol. The van der Waals surface area contributed by atoms with E-state index in [-0.39, 0.29) is 11.4 Å². The van der Waals surface area contributed by atoms with Gasteiger partial charge in [0.15, 0.2) is 0 Å². The van der Waals surface area contributed by atoms with E-state index in [1.165, 1.54) is 6.07 Å². The van der Waals surface area contributed by atoms with Crippen LogP contribution in [0.15, 0.2) is 30.3 Å². The highest BCUT2D eigenvalue weighted by Gasteiger charge is 2.30. The number of fused-ring (bicyclic) bond motifs is 1. The highest BCUT2D eigenvalue weighted by atomic mass is 16.4. The number of rotatable bonds is 6. The minimum Gasteiger partial charge on any atom is -0.478 e. The molecule has 0 saturated heterocycles. The van der Waals surface area contributed by atoms with Crippen molar-refractivity contribution in [1.29, 1.82) is 0 Å². The van der Waals surface area contributed by atoms with Crippen molar-refractivity contribution in [1.82, 2.24) is 4.98 Å². The van der Waals surface area contributed by atoms with Gasteiger partial charge in [0.2, 0.25) is 0 Å². The number of pyridine rings is 1. The van der Waals surface area contributed by atoms with E-state index in [0.717, 1.165) is 0 Å². The highest BCUT2D eigenvalue weighted by molar-refractivity contribution is 5.98. The number of benzene rings is 1. The Morgan fingerprint density at radius 2 is 1.76 bits per heavy atom. The van der Waals surface area contributed by atoms with Crippen LogP contribution in [0.2, 0.25) is 0 Å². The number of para-hydroxylation sites is 1. The zero-order chi connectivity index (χ0) is 15.5. The maximum Gasteiger partial charge on any atom is 0.339 e. The van der Waals surface area contributed by atoms with Crippen LogP contribution in [0.5, 0.6) is 0 Å². The molecule has 7 heteroatoms. The molecule has 7 nitrogen and oxygen atoms in total. The van der Waals surface area contributed by atoms with E-state index in [4.69, 9.17) is 0 Å². The first-order valence-electron chi connectivity index (χ1n) is 6.29. The van der Waals surface area contributed by atoms with Gasteiger partial charge in [-0.1, -0.05) is 18.2 Å². The van der Waals surface area contributed by atoms with Crippen LogP contribution in [-0.2, 0) is 0 Å². The first kappa shape index (κ1) is 15.2. The van der Waals surface area contributed by atoms with Gasteiger partial charge in [0.1, 0.15) is 16.9 Å². The molecule has 2 aromatic rings. The first-order valence-corrected chi connectivity index (χ1v) is 6.29. The lowest BCUT2D eigenvalue weighted by molar-refractivity contribution is 0.0692. The Labute approximate surface area is 120 Å². The Bertz CT molecular complexity index is 647. The molecule has 0 fully saturated rings. The summed E-state index contributed by atoms with van der Waals surface area (Å²) in [5.41, 5.74) is -0.985. The first-order chi connectivity index (χ1) is 10.0. The van der Waals surface area contributed by atoms with E-state index >= 15 is 0 Å². The molecule has 1 aromatic heterocycles. The van der Waals surface area contributed by atoms with Crippen LogP contribution in [0.4, 0.5) is 5.82 Å². The quantitative estimate of drug-likeness (QED) is 0.510. The zero-order valence-electron chi connectivity index (χ0n) is 11.2. The second kappa shape index (κ2) is 6.04. The third-order valence-corrected chi connectivity index (χ3v) is 3.25. The molecule has 0 amide bonds. The SMILES string of the molecule is O=C(O)c1cc2ccccc2nc1NC(CO)(CO)CO. The molecule has 1 heterocycles. The van der Waals surface area contributed by atoms with E-state index in [1.807, 2.05) is 0 Å². The lowest BCUT2D eigenvalue weighted by Crippen LogP contribution is -2.49. The highest BCUT2D eigenvalue weighted by Crippen LogP contribution is 2.23. The van der Waals surface area contributed by atoms with Gasteiger partial charge in [-0.05, 0) is 12.1 Å². The Hall–Kier alpha value is -2.22. The summed E-state index contributed by atoms with van der Waals surface area (Å²) in [7, 11) is 0. The second-order valence-corrected chi connectivity index (χ2v) is 4.76. The van der Waals surface area contributed by atoms with Crippen LogP contribution in [-0.4, -0.2) is 56.7 Å². The lowest BCUT2D eigenvalue weighted by atomic mass is 10.0. The summed E-state index contributed by atoms with van der Waals surface area (Å²) in [5.74, 6) is -1.21.